The Morgan fingerprint density at radius 1 is 1.21 bits per heavy atom. The molecule has 3 aliphatic rings. The average molecular weight is 478 g/mol. The van der Waals surface area contributed by atoms with Crippen molar-refractivity contribution in [3.05, 3.63) is 59.3 Å². The first-order valence-electron chi connectivity index (χ1n) is 10.6. The zero-order valence-corrected chi connectivity index (χ0v) is 17.9. The molecule has 0 saturated carbocycles. The van der Waals surface area contributed by atoms with Gasteiger partial charge in [-0.05, 0) is 49.7 Å². The molecule has 0 aliphatic carbocycles. The van der Waals surface area contributed by atoms with Crippen molar-refractivity contribution >= 4 is 17.9 Å². The summed E-state index contributed by atoms with van der Waals surface area (Å²) >= 11 is 0. The van der Waals surface area contributed by atoms with Crippen LogP contribution in [0.5, 0.6) is 0 Å². The van der Waals surface area contributed by atoms with E-state index in [0.29, 0.717) is 18.7 Å². The number of hydrazine groups is 1. The Labute approximate surface area is 191 Å². The third-order valence-electron chi connectivity index (χ3n) is 6.17. The molecule has 1 aromatic heterocycles. The van der Waals surface area contributed by atoms with E-state index in [1.54, 1.807) is 12.1 Å². The molecule has 5 rings (SSSR count). The summed E-state index contributed by atoms with van der Waals surface area (Å²) in [6.45, 7) is 0.632. The van der Waals surface area contributed by atoms with Gasteiger partial charge >= 0.3 is 6.18 Å². The van der Waals surface area contributed by atoms with Crippen LogP contribution in [0.15, 0.2) is 56.0 Å². The van der Waals surface area contributed by atoms with E-state index in [-0.39, 0.29) is 36.0 Å². The Bertz CT molecular complexity index is 1180. The Morgan fingerprint density at radius 3 is 2.76 bits per heavy atom. The maximum absolute atomic E-state index is 14.4. The van der Waals surface area contributed by atoms with Crippen LogP contribution in [-0.2, 0) is 18.4 Å². The summed E-state index contributed by atoms with van der Waals surface area (Å²) in [5, 5.41) is 1.41. The highest BCUT2D eigenvalue weighted by Gasteiger charge is 2.48. The molecule has 0 radical (unpaired) electrons. The Balaban J connectivity index is 1.43. The molecule has 5 N–H and O–H groups in total. The Kier molecular flexibility index (Phi) is 5.32. The third-order valence-corrected chi connectivity index (χ3v) is 6.17. The van der Waals surface area contributed by atoms with Crippen LogP contribution in [0.25, 0.3) is 0 Å². The van der Waals surface area contributed by atoms with Gasteiger partial charge in [-0.25, -0.2) is 14.4 Å². The van der Waals surface area contributed by atoms with Crippen molar-refractivity contribution in [2.75, 3.05) is 6.54 Å². The lowest BCUT2D eigenvalue weighted by molar-refractivity contribution is -0.137. The maximum Gasteiger partial charge on any atom is 0.416 e. The second kappa shape index (κ2) is 8.09. The van der Waals surface area contributed by atoms with Gasteiger partial charge in [0.2, 0.25) is 17.9 Å². The number of likely N-dealkylation sites (tertiary alicyclic amines) is 1. The number of benzene rings is 1. The highest BCUT2D eigenvalue weighted by molar-refractivity contribution is 6.11. The number of nitrogens with zero attached hydrogens (tertiary/aromatic N) is 5. The lowest BCUT2D eigenvalue weighted by atomic mass is 9.96. The minimum atomic E-state index is -4.55. The SMILES string of the molecule is NC1=NC2=NC(CC3CCCN3Cc3cc(C(F)(F)F)ccc3F)(c3ccco3)NN2C(N)=N1. The molecule has 1 saturated heterocycles. The second-order valence-corrected chi connectivity index (χ2v) is 8.41. The molecule has 0 spiro atoms. The highest BCUT2D eigenvalue weighted by Crippen LogP contribution is 2.38. The summed E-state index contributed by atoms with van der Waals surface area (Å²) in [5.74, 6) is 0.0635. The lowest BCUT2D eigenvalue weighted by Crippen LogP contribution is -2.55. The molecule has 34 heavy (non-hydrogen) atoms. The van der Waals surface area contributed by atoms with Gasteiger partial charge < -0.3 is 15.9 Å². The minimum absolute atomic E-state index is 0.00867. The fourth-order valence-electron chi connectivity index (χ4n) is 4.59. The van der Waals surface area contributed by atoms with E-state index in [2.05, 4.69) is 15.4 Å². The molecule has 13 heteroatoms. The van der Waals surface area contributed by atoms with Crippen LogP contribution in [0.2, 0.25) is 0 Å². The predicted molar refractivity (Wildman–Crippen MR) is 115 cm³/mol. The van der Waals surface area contributed by atoms with E-state index in [1.807, 2.05) is 4.90 Å². The standard InChI is InChI=1S/C21H22F4N8O/c22-15-6-5-13(21(23,24)25)9-12(15)11-32-7-1-3-14(32)10-20(16-4-2-8-34-16)30-19-29-17(26)28-18(27)33(19)31-20/h2,4-6,8-9,14,31H,1,3,7,10-11H2,(H4,26,27,28,29,30). The van der Waals surface area contributed by atoms with Gasteiger partial charge in [-0.2, -0.15) is 28.6 Å². The van der Waals surface area contributed by atoms with Gasteiger partial charge in [0, 0.05) is 24.6 Å². The number of hydrogen-bond acceptors (Lipinski definition) is 9. The maximum atomic E-state index is 14.4. The van der Waals surface area contributed by atoms with Gasteiger partial charge in [-0.3, -0.25) is 4.90 Å². The van der Waals surface area contributed by atoms with Gasteiger partial charge in [-0.15, -0.1) is 0 Å². The summed E-state index contributed by atoms with van der Waals surface area (Å²) in [6, 6.07) is 5.81. The predicted octanol–water partition coefficient (Wildman–Crippen LogP) is 2.46. The van der Waals surface area contributed by atoms with E-state index in [4.69, 9.17) is 20.9 Å². The van der Waals surface area contributed by atoms with Crippen molar-refractivity contribution in [3.8, 4) is 0 Å². The van der Waals surface area contributed by atoms with Crippen molar-refractivity contribution in [2.24, 2.45) is 26.4 Å². The number of nitrogens with two attached hydrogens (primary N) is 2. The first kappa shape index (κ1) is 22.3. The van der Waals surface area contributed by atoms with E-state index < -0.39 is 23.2 Å². The summed E-state index contributed by atoms with van der Waals surface area (Å²) in [7, 11) is 0. The van der Waals surface area contributed by atoms with Crippen LogP contribution in [0.4, 0.5) is 17.6 Å². The summed E-state index contributed by atoms with van der Waals surface area (Å²) in [5.41, 5.74) is 12.9. The summed E-state index contributed by atoms with van der Waals surface area (Å²) in [6.07, 6.45) is -1.13. The van der Waals surface area contributed by atoms with Crippen molar-refractivity contribution in [1.29, 1.82) is 0 Å². The number of fused-ring (bicyclic) bond motifs is 1. The number of guanidine groups is 3. The summed E-state index contributed by atoms with van der Waals surface area (Å²) < 4.78 is 59.6. The molecule has 0 amide bonds. The van der Waals surface area contributed by atoms with Crippen LogP contribution < -0.4 is 16.9 Å². The fourth-order valence-corrected chi connectivity index (χ4v) is 4.59. The first-order valence-corrected chi connectivity index (χ1v) is 10.6. The van der Waals surface area contributed by atoms with Crippen LogP contribution in [-0.4, -0.2) is 40.4 Å². The molecule has 2 atom stereocenters. The van der Waals surface area contributed by atoms with Crippen molar-refractivity contribution in [2.45, 2.75) is 43.7 Å². The number of aliphatic imine (C=N–C) groups is 3. The quantitative estimate of drug-likeness (QED) is 0.568. The van der Waals surface area contributed by atoms with Gasteiger partial charge in [0.1, 0.15) is 11.6 Å². The lowest BCUT2D eigenvalue weighted by Gasteiger charge is -2.33. The van der Waals surface area contributed by atoms with Gasteiger partial charge in [0.05, 0.1) is 11.8 Å². The molecular weight excluding hydrogens is 456 g/mol. The topological polar surface area (TPSA) is 121 Å². The van der Waals surface area contributed by atoms with Gasteiger partial charge in [0.15, 0.2) is 5.66 Å². The molecule has 1 fully saturated rings. The zero-order chi connectivity index (χ0) is 24.1. The van der Waals surface area contributed by atoms with E-state index in [9.17, 15) is 17.6 Å². The molecule has 180 valence electrons. The van der Waals surface area contributed by atoms with Crippen LogP contribution in [0.3, 0.4) is 0 Å². The number of rotatable bonds is 5. The first-order chi connectivity index (χ1) is 16.1. The number of halogens is 4. The number of nitrogens with one attached hydrogen (secondary N) is 1. The van der Waals surface area contributed by atoms with Crippen LogP contribution in [0.1, 0.15) is 36.1 Å². The highest BCUT2D eigenvalue weighted by atomic mass is 19.4. The molecule has 2 unspecified atom stereocenters. The molecular formula is C21H22F4N8O. The zero-order valence-electron chi connectivity index (χ0n) is 17.9. The molecule has 9 nitrogen and oxygen atoms in total. The third kappa shape index (κ3) is 4.01. The van der Waals surface area contributed by atoms with Crippen LogP contribution >= 0.6 is 0 Å². The summed E-state index contributed by atoms with van der Waals surface area (Å²) in [4.78, 5) is 14.7. The largest absolute Gasteiger partial charge is 0.465 e. The molecule has 4 heterocycles. The van der Waals surface area contributed by atoms with Gasteiger partial charge in [-0.1, -0.05) is 0 Å². The molecule has 1 aromatic carbocycles. The number of hydrogen-bond donors (Lipinski definition) is 3. The van der Waals surface area contributed by atoms with Crippen molar-refractivity contribution in [3.63, 3.8) is 0 Å². The number of alkyl halides is 3. The molecule has 3 aliphatic heterocycles. The Hall–Kier alpha value is -3.45. The monoisotopic (exact) mass is 478 g/mol. The average Bonchev–Trinajstić information content (AvgIpc) is 3.50. The van der Waals surface area contributed by atoms with Crippen molar-refractivity contribution in [1.82, 2.24) is 15.3 Å². The molecule has 2 aromatic rings. The normalized spacial score (nSPS) is 25.2. The van der Waals surface area contributed by atoms with E-state index >= 15 is 0 Å². The van der Waals surface area contributed by atoms with E-state index in [1.165, 1.54) is 11.3 Å². The van der Waals surface area contributed by atoms with Gasteiger partial charge in [0.25, 0.3) is 0 Å². The van der Waals surface area contributed by atoms with Crippen LogP contribution in [0, 0.1) is 5.82 Å². The smallest absolute Gasteiger partial charge is 0.416 e. The Morgan fingerprint density at radius 2 is 2.03 bits per heavy atom. The minimum Gasteiger partial charge on any atom is -0.465 e. The van der Waals surface area contributed by atoms with E-state index in [0.717, 1.165) is 31.0 Å². The van der Waals surface area contributed by atoms with Crippen molar-refractivity contribution < 1.29 is 22.0 Å². The fraction of sp³-hybridized carbons (Fsp3) is 0.381. The second-order valence-electron chi connectivity index (χ2n) is 8.41. The molecule has 0 bridgehead atoms. The number of furan rings is 1.